The van der Waals surface area contributed by atoms with E-state index in [0.717, 1.165) is 6.42 Å². The Balaban J connectivity index is 1.45. The van der Waals surface area contributed by atoms with Gasteiger partial charge in [0.05, 0.1) is 0 Å². The Bertz CT molecular complexity index is 632. The maximum absolute atomic E-state index is 12.1. The van der Waals surface area contributed by atoms with Gasteiger partial charge in [-0.3, -0.25) is 4.79 Å². The van der Waals surface area contributed by atoms with Gasteiger partial charge in [-0.2, -0.15) is 0 Å². The van der Waals surface area contributed by atoms with E-state index < -0.39 is 54.7 Å². The van der Waals surface area contributed by atoms with E-state index in [9.17, 15) is 14.7 Å². The highest BCUT2D eigenvalue weighted by atomic mass is 16.8. The van der Waals surface area contributed by atoms with Crippen LogP contribution in [0.3, 0.4) is 0 Å². The number of fused-ring (bicyclic) bond motifs is 1. The van der Waals surface area contributed by atoms with Gasteiger partial charge in [-0.05, 0) is 26.7 Å². The van der Waals surface area contributed by atoms with Crippen molar-refractivity contribution in [2.24, 2.45) is 0 Å². The van der Waals surface area contributed by atoms with Gasteiger partial charge in [0.25, 0.3) is 0 Å². The number of aliphatic hydroxyl groups is 1. The molecule has 0 aromatic heterocycles. The van der Waals surface area contributed by atoms with Gasteiger partial charge in [0.1, 0.15) is 24.9 Å². The Labute approximate surface area is 156 Å². The van der Waals surface area contributed by atoms with Crippen molar-refractivity contribution in [3.8, 4) is 0 Å². The molecule has 3 fully saturated rings. The van der Waals surface area contributed by atoms with Crippen LogP contribution in [0.25, 0.3) is 0 Å². The molecule has 10 heteroatoms. The van der Waals surface area contributed by atoms with Gasteiger partial charge in [0.2, 0.25) is 12.3 Å². The first kappa shape index (κ1) is 18.6. The summed E-state index contributed by atoms with van der Waals surface area (Å²) in [4.78, 5) is 24.9. The van der Waals surface area contributed by atoms with E-state index in [0.29, 0.717) is 13.0 Å². The fourth-order valence-electron chi connectivity index (χ4n) is 3.76. The number of nitrogens with one attached hydrogen (secondary N) is 1. The molecule has 0 saturated carbocycles. The molecule has 0 aliphatic carbocycles. The monoisotopic (exact) mass is 384 g/mol. The molecule has 1 amide bonds. The smallest absolute Gasteiger partial charge is 0.335 e. The third-order valence-electron chi connectivity index (χ3n) is 4.95. The van der Waals surface area contributed by atoms with Crippen molar-refractivity contribution in [3.05, 3.63) is 12.3 Å². The van der Waals surface area contributed by atoms with Crippen LogP contribution in [-0.4, -0.2) is 77.9 Å². The molecule has 150 valence electrons. The highest BCUT2D eigenvalue weighted by molar-refractivity contribution is 5.88. The molecule has 4 aliphatic rings. The third-order valence-corrected chi connectivity index (χ3v) is 4.95. The SMILES string of the molecule is CC1(C)O[C@@H]2[C@H](O1)[C@@H](COC(=O)[C@H]1CCCO1)O[C@H]2N1C=CC(=O)NC1O. The summed E-state index contributed by atoms with van der Waals surface area (Å²) in [5.41, 5.74) is 0. The number of aliphatic hydroxyl groups excluding tert-OH is 1. The molecule has 0 aromatic rings. The molecule has 0 aromatic carbocycles. The first-order valence-corrected chi connectivity index (χ1v) is 9.08. The van der Waals surface area contributed by atoms with Crippen LogP contribution in [0, 0.1) is 0 Å². The molecule has 10 nitrogen and oxygen atoms in total. The van der Waals surface area contributed by atoms with Gasteiger partial charge in [-0.25, -0.2) is 4.79 Å². The lowest BCUT2D eigenvalue weighted by molar-refractivity contribution is -0.221. The highest BCUT2D eigenvalue weighted by Gasteiger charge is 2.57. The normalized spacial score (nSPS) is 40.1. The molecule has 2 N–H and O–H groups in total. The Morgan fingerprint density at radius 1 is 1.41 bits per heavy atom. The molecule has 1 unspecified atom stereocenters. The van der Waals surface area contributed by atoms with Crippen LogP contribution in [0.15, 0.2) is 12.3 Å². The van der Waals surface area contributed by atoms with Crippen molar-refractivity contribution >= 4 is 11.9 Å². The number of rotatable bonds is 4. The molecule has 0 bridgehead atoms. The van der Waals surface area contributed by atoms with Crippen LogP contribution in [-0.2, 0) is 33.3 Å². The standard InChI is InChI=1S/C17H24N2O8/c1-17(2)26-12-10(8-24-15(21)9-4-3-7-23-9)25-14(13(12)27-17)19-6-5-11(20)18-16(19)22/h5-6,9-10,12-14,16,22H,3-4,7-8H2,1-2H3,(H,18,20)/t9-,10-,12-,13-,14-,16?/m1/s1. The zero-order valence-electron chi connectivity index (χ0n) is 15.2. The number of hydrogen-bond donors (Lipinski definition) is 2. The van der Waals surface area contributed by atoms with Gasteiger partial charge in [0.15, 0.2) is 18.1 Å². The predicted molar refractivity (Wildman–Crippen MR) is 87.5 cm³/mol. The van der Waals surface area contributed by atoms with Crippen LogP contribution in [0.2, 0.25) is 0 Å². The van der Waals surface area contributed by atoms with E-state index in [1.807, 2.05) is 0 Å². The van der Waals surface area contributed by atoms with Gasteiger partial charge >= 0.3 is 5.97 Å². The summed E-state index contributed by atoms with van der Waals surface area (Å²) in [6.45, 7) is 4.10. The minimum absolute atomic E-state index is 0.0180. The number of nitrogens with zero attached hydrogens (tertiary/aromatic N) is 1. The van der Waals surface area contributed by atoms with E-state index >= 15 is 0 Å². The topological polar surface area (TPSA) is 116 Å². The van der Waals surface area contributed by atoms with Crippen LogP contribution in [0.5, 0.6) is 0 Å². The quantitative estimate of drug-likeness (QED) is 0.600. The molecular formula is C17H24N2O8. The van der Waals surface area contributed by atoms with Crippen molar-refractivity contribution in [2.75, 3.05) is 13.2 Å². The largest absolute Gasteiger partial charge is 0.461 e. The number of amides is 1. The first-order valence-electron chi connectivity index (χ1n) is 9.08. The van der Waals surface area contributed by atoms with E-state index in [1.165, 1.54) is 17.2 Å². The van der Waals surface area contributed by atoms with E-state index in [-0.39, 0.29) is 6.61 Å². The van der Waals surface area contributed by atoms with Crippen molar-refractivity contribution in [1.82, 2.24) is 10.2 Å². The molecule has 0 radical (unpaired) electrons. The van der Waals surface area contributed by atoms with Crippen LogP contribution >= 0.6 is 0 Å². The summed E-state index contributed by atoms with van der Waals surface area (Å²) in [7, 11) is 0. The number of hydrogen-bond acceptors (Lipinski definition) is 9. The lowest BCUT2D eigenvalue weighted by Gasteiger charge is -2.36. The third kappa shape index (κ3) is 3.67. The Kier molecular flexibility index (Phi) is 4.85. The minimum atomic E-state index is -1.26. The van der Waals surface area contributed by atoms with Crippen molar-refractivity contribution < 1.29 is 38.4 Å². The zero-order chi connectivity index (χ0) is 19.2. The highest BCUT2D eigenvalue weighted by Crippen LogP contribution is 2.40. The molecule has 27 heavy (non-hydrogen) atoms. The van der Waals surface area contributed by atoms with Crippen LogP contribution in [0.4, 0.5) is 0 Å². The maximum Gasteiger partial charge on any atom is 0.335 e. The first-order chi connectivity index (χ1) is 12.8. The fraction of sp³-hybridized carbons (Fsp3) is 0.765. The average molecular weight is 384 g/mol. The van der Waals surface area contributed by atoms with Gasteiger partial charge in [0, 0.05) is 18.9 Å². The second kappa shape index (κ2) is 7.02. The number of ether oxygens (including phenoxy) is 5. The van der Waals surface area contributed by atoms with Gasteiger partial charge < -0.3 is 39.0 Å². The van der Waals surface area contributed by atoms with Crippen LogP contribution in [0.1, 0.15) is 26.7 Å². The number of carbonyl (C=O) groups is 2. The average Bonchev–Trinajstić information content (AvgIpc) is 3.29. The molecule has 4 aliphatic heterocycles. The van der Waals surface area contributed by atoms with Crippen LogP contribution < -0.4 is 5.32 Å². The Morgan fingerprint density at radius 2 is 2.19 bits per heavy atom. The fourth-order valence-corrected chi connectivity index (χ4v) is 3.76. The Hall–Kier alpha value is -1.72. The number of esters is 1. The minimum Gasteiger partial charge on any atom is -0.461 e. The second-order valence-corrected chi connectivity index (χ2v) is 7.41. The summed E-state index contributed by atoms with van der Waals surface area (Å²) in [6, 6.07) is 0. The lowest BCUT2D eigenvalue weighted by atomic mass is 10.1. The molecule has 3 saturated heterocycles. The number of carbonyl (C=O) groups excluding carboxylic acids is 2. The summed E-state index contributed by atoms with van der Waals surface area (Å²) in [5.74, 6) is -1.67. The zero-order valence-corrected chi connectivity index (χ0v) is 15.2. The predicted octanol–water partition coefficient (Wildman–Crippen LogP) is -0.825. The molecule has 4 heterocycles. The molecule has 0 spiro atoms. The summed E-state index contributed by atoms with van der Waals surface area (Å²) in [5, 5.41) is 12.5. The lowest BCUT2D eigenvalue weighted by Crippen LogP contribution is -2.55. The Morgan fingerprint density at radius 3 is 2.89 bits per heavy atom. The molecular weight excluding hydrogens is 360 g/mol. The van der Waals surface area contributed by atoms with Crippen molar-refractivity contribution in [2.45, 2.75) is 69.5 Å². The van der Waals surface area contributed by atoms with E-state index in [2.05, 4.69) is 5.32 Å². The molecule has 6 atom stereocenters. The summed E-state index contributed by atoms with van der Waals surface area (Å²) < 4.78 is 28.5. The second-order valence-electron chi connectivity index (χ2n) is 7.41. The van der Waals surface area contributed by atoms with E-state index in [1.54, 1.807) is 13.8 Å². The summed E-state index contributed by atoms with van der Waals surface area (Å²) >= 11 is 0. The maximum atomic E-state index is 12.1. The van der Waals surface area contributed by atoms with E-state index in [4.69, 9.17) is 23.7 Å². The summed E-state index contributed by atoms with van der Waals surface area (Å²) in [6.07, 6.45) is 0.128. The molecule has 4 rings (SSSR count). The van der Waals surface area contributed by atoms with Crippen molar-refractivity contribution in [3.63, 3.8) is 0 Å². The van der Waals surface area contributed by atoms with Gasteiger partial charge in [-0.1, -0.05) is 0 Å². The van der Waals surface area contributed by atoms with Crippen molar-refractivity contribution in [1.29, 1.82) is 0 Å². The van der Waals surface area contributed by atoms with Gasteiger partial charge in [-0.15, -0.1) is 0 Å².